The number of nitrogens with one attached hydrogen (secondary N) is 1. The fourth-order valence-corrected chi connectivity index (χ4v) is 6.06. The largest absolute Gasteiger partial charge is 0.354 e. The van der Waals surface area contributed by atoms with Crippen LogP contribution in [0.5, 0.6) is 0 Å². The summed E-state index contributed by atoms with van der Waals surface area (Å²) in [5, 5.41) is 3.32. The SMILES string of the molecule is Cc1ccccc1CSCCNC(=O)CN(c1ccc(Cl)cc1Cl)S(=O)(=O)c1ccccc1. The van der Waals surface area contributed by atoms with E-state index >= 15 is 0 Å². The number of nitrogens with zero attached hydrogens (tertiary/aromatic N) is 1. The molecule has 0 aromatic heterocycles. The van der Waals surface area contributed by atoms with Crippen molar-refractivity contribution in [3.63, 3.8) is 0 Å². The average molecular weight is 524 g/mol. The first kappa shape index (κ1) is 25.4. The number of anilines is 1. The van der Waals surface area contributed by atoms with E-state index in [9.17, 15) is 13.2 Å². The van der Waals surface area contributed by atoms with Gasteiger partial charge in [-0.1, -0.05) is 65.7 Å². The summed E-state index contributed by atoms with van der Waals surface area (Å²) in [4.78, 5) is 12.7. The molecule has 3 aromatic carbocycles. The van der Waals surface area contributed by atoms with E-state index in [0.717, 1.165) is 10.1 Å². The van der Waals surface area contributed by atoms with Gasteiger partial charge in [-0.25, -0.2) is 8.42 Å². The zero-order valence-corrected chi connectivity index (χ0v) is 21.1. The Morgan fingerprint density at radius 2 is 1.70 bits per heavy atom. The molecule has 0 aliphatic heterocycles. The van der Waals surface area contributed by atoms with Crippen molar-refractivity contribution in [2.75, 3.05) is 23.1 Å². The molecule has 174 valence electrons. The van der Waals surface area contributed by atoms with Crippen molar-refractivity contribution in [1.82, 2.24) is 5.32 Å². The Hall–Kier alpha value is -2.19. The van der Waals surface area contributed by atoms with Crippen molar-refractivity contribution in [3.8, 4) is 0 Å². The van der Waals surface area contributed by atoms with Crippen LogP contribution in [-0.4, -0.2) is 33.2 Å². The highest BCUT2D eigenvalue weighted by Gasteiger charge is 2.28. The van der Waals surface area contributed by atoms with Gasteiger partial charge in [0.2, 0.25) is 5.91 Å². The van der Waals surface area contributed by atoms with E-state index in [4.69, 9.17) is 23.2 Å². The van der Waals surface area contributed by atoms with Gasteiger partial charge in [0.15, 0.2) is 0 Å². The molecular weight excluding hydrogens is 499 g/mol. The van der Waals surface area contributed by atoms with Gasteiger partial charge in [0.1, 0.15) is 6.54 Å². The third-order valence-electron chi connectivity index (χ3n) is 4.88. The fourth-order valence-electron chi connectivity index (χ4n) is 3.11. The van der Waals surface area contributed by atoms with Crippen LogP contribution >= 0.6 is 35.0 Å². The van der Waals surface area contributed by atoms with E-state index < -0.39 is 22.5 Å². The Morgan fingerprint density at radius 1 is 1.00 bits per heavy atom. The van der Waals surface area contributed by atoms with Crippen LogP contribution in [0.4, 0.5) is 5.69 Å². The first-order valence-electron chi connectivity index (χ1n) is 10.2. The van der Waals surface area contributed by atoms with Crippen LogP contribution in [0.25, 0.3) is 0 Å². The highest BCUT2D eigenvalue weighted by molar-refractivity contribution is 7.98. The molecule has 0 saturated heterocycles. The Morgan fingerprint density at radius 3 is 2.39 bits per heavy atom. The number of carbonyl (C=O) groups is 1. The number of halogens is 2. The Bertz CT molecular complexity index is 1210. The molecule has 33 heavy (non-hydrogen) atoms. The second-order valence-electron chi connectivity index (χ2n) is 7.25. The minimum absolute atomic E-state index is 0.0672. The monoisotopic (exact) mass is 522 g/mol. The molecular formula is C24H24Cl2N2O3S2. The smallest absolute Gasteiger partial charge is 0.264 e. The molecule has 0 radical (unpaired) electrons. The summed E-state index contributed by atoms with van der Waals surface area (Å²) in [6.07, 6.45) is 0. The summed E-state index contributed by atoms with van der Waals surface area (Å²) < 4.78 is 27.7. The minimum atomic E-state index is -4.02. The molecule has 5 nitrogen and oxygen atoms in total. The number of carbonyl (C=O) groups excluding carboxylic acids is 1. The zero-order valence-electron chi connectivity index (χ0n) is 18.0. The highest BCUT2D eigenvalue weighted by Crippen LogP contribution is 2.32. The van der Waals surface area contributed by atoms with Crippen LogP contribution in [0.3, 0.4) is 0 Å². The molecule has 0 aliphatic carbocycles. The molecule has 0 spiro atoms. The predicted octanol–water partition coefficient (Wildman–Crippen LogP) is 5.55. The van der Waals surface area contributed by atoms with Crippen LogP contribution in [0.15, 0.2) is 77.7 Å². The summed E-state index contributed by atoms with van der Waals surface area (Å²) in [5.41, 5.74) is 2.68. The van der Waals surface area contributed by atoms with Gasteiger partial charge in [0.25, 0.3) is 10.0 Å². The quantitative estimate of drug-likeness (QED) is 0.354. The summed E-state index contributed by atoms with van der Waals surface area (Å²) in [6, 6.07) is 20.6. The number of amides is 1. The van der Waals surface area contributed by atoms with Crippen LogP contribution < -0.4 is 9.62 Å². The number of hydrogen-bond donors (Lipinski definition) is 1. The van der Waals surface area contributed by atoms with Crippen LogP contribution in [0, 0.1) is 6.92 Å². The lowest BCUT2D eigenvalue weighted by Crippen LogP contribution is -2.41. The topological polar surface area (TPSA) is 66.5 Å². The standard InChI is InChI=1S/C24H24Cl2N2O3S2/c1-18-7-5-6-8-19(18)17-32-14-13-27-24(29)16-28(23-12-11-20(25)15-22(23)26)33(30,31)21-9-3-2-4-10-21/h2-12,15H,13-14,16-17H2,1H3,(H,27,29). The molecule has 9 heteroatoms. The van der Waals surface area contributed by atoms with Crippen LogP contribution in [-0.2, 0) is 20.6 Å². The number of rotatable bonds is 10. The summed E-state index contributed by atoms with van der Waals surface area (Å²) >= 11 is 14.0. The van der Waals surface area contributed by atoms with Gasteiger partial charge in [0.05, 0.1) is 15.6 Å². The lowest BCUT2D eigenvalue weighted by atomic mass is 10.1. The van der Waals surface area contributed by atoms with Gasteiger partial charge in [-0.2, -0.15) is 11.8 Å². The number of aryl methyl sites for hydroxylation is 1. The van der Waals surface area contributed by atoms with E-state index in [2.05, 4.69) is 24.4 Å². The maximum absolute atomic E-state index is 13.3. The minimum Gasteiger partial charge on any atom is -0.354 e. The third kappa shape index (κ3) is 6.90. The number of sulfonamides is 1. The highest BCUT2D eigenvalue weighted by atomic mass is 35.5. The first-order chi connectivity index (χ1) is 15.8. The molecule has 0 heterocycles. The molecule has 3 aromatic rings. The molecule has 0 bridgehead atoms. The Kier molecular flexibility index (Phi) is 9.09. The molecule has 3 rings (SSSR count). The van der Waals surface area contributed by atoms with E-state index in [1.54, 1.807) is 30.0 Å². The van der Waals surface area contributed by atoms with Gasteiger partial charge in [-0.3, -0.25) is 9.10 Å². The normalized spacial score (nSPS) is 11.2. The lowest BCUT2D eigenvalue weighted by Gasteiger charge is -2.25. The molecule has 1 N–H and O–H groups in total. The molecule has 0 fully saturated rings. The van der Waals surface area contributed by atoms with Crippen molar-refractivity contribution in [1.29, 1.82) is 0 Å². The zero-order chi connectivity index (χ0) is 23.8. The molecule has 1 amide bonds. The maximum atomic E-state index is 13.3. The number of thioether (sulfide) groups is 1. The van der Waals surface area contributed by atoms with Crippen molar-refractivity contribution < 1.29 is 13.2 Å². The van der Waals surface area contributed by atoms with Crippen molar-refractivity contribution >= 4 is 56.6 Å². The molecule has 0 aliphatic rings. The number of hydrogen-bond acceptors (Lipinski definition) is 4. The van der Waals surface area contributed by atoms with Crippen LogP contribution in [0.2, 0.25) is 10.0 Å². The lowest BCUT2D eigenvalue weighted by molar-refractivity contribution is -0.119. The van der Waals surface area contributed by atoms with Crippen molar-refractivity contribution in [2.24, 2.45) is 0 Å². The van der Waals surface area contributed by atoms with Gasteiger partial charge >= 0.3 is 0 Å². The molecule has 0 saturated carbocycles. The van der Waals surface area contributed by atoms with Crippen molar-refractivity contribution in [3.05, 3.63) is 94.0 Å². The molecule has 0 unspecified atom stereocenters. The van der Waals surface area contributed by atoms with Crippen LogP contribution in [0.1, 0.15) is 11.1 Å². The Labute approximate surface area is 209 Å². The predicted molar refractivity (Wildman–Crippen MR) is 138 cm³/mol. The van der Waals surface area contributed by atoms with E-state index in [-0.39, 0.29) is 15.6 Å². The summed E-state index contributed by atoms with van der Waals surface area (Å²) in [6.45, 7) is 2.09. The van der Waals surface area contributed by atoms with Crippen molar-refractivity contribution in [2.45, 2.75) is 17.6 Å². The fraction of sp³-hybridized carbons (Fsp3) is 0.208. The van der Waals surface area contributed by atoms with Gasteiger partial charge in [-0.05, 0) is 48.4 Å². The second-order valence-corrected chi connectivity index (χ2v) is 11.1. The third-order valence-corrected chi connectivity index (χ3v) is 8.20. The molecule has 0 atom stereocenters. The first-order valence-corrected chi connectivity index (χ1v) is 13.6. The summed E-state index contributed by atoms with van der Waals surface area (Å²) in [5.74, 6) is 1.13. The van der Waals surface area contributed by atoms with Gasteiger partial charge in [-0.15, -0.1) is 0 Å². The van der Waals surface area contributed by atoms with E-state index in [1.165, 1.54) is 41.5 Å². The van der Waals surface area contributed by atoms with E-state index in [0.29, 0.717) is 17.3 Å². The number of benzene rings is 3. The summed E-state index contributed by atoms with van der Waals surface area (Å²) in [7, 11) is -4.02. The average Bonchev–Trinajstić information content (AvgIpc) is 2.79. The van der Waals surface area contributed by atoms with E-state index in [1.807, 2.05) is 12.1 Å². The Balaban J connectivity index is 1.67. The second kappa shape index (κ2) is 11.8. The van der Waals surface area contributed by atoms with Gasteiger partial charge < -0.3 is 5.32 Å². The van der Waals surface area contributed by atoms with Gasteiger partial charge in [0, 0.05) is 23.1 Å². The maximum Gasteiger partial charge on any atom is 0.264 e.